The van der Waals surface area contributed by atoms with Gasteiger partial charge in [-0.3, -0.25) is 4.79 Å². The molecule has 0 N–H and O–H groups in total. The Bertz CT molecular complexity index is 389. The molecule has 2 rings (SSSR count). The number of halogens is 2. The minimum Gasteiger partial charge on any atom is -0.335 e. The molecule has 1 aliphatic carbocycles. The minimum atomic E-state index is -0.308. The van der Waals surface area contributed by atoms with E-state index in [1.54, 1.807) is 12.1 Å². The van der Waals surface area contributed by atoms with Crippen LogP contribution in [-0.4, -0.2) is 28.7 Å². The molecule has 17 heavy (non-hydrogen) atoms. The Balaban J connectivity index is 2.12. The van der Waals surface area contributed by atoms with Crippen LogP contribution in [0.4, 0.5) is 4.39 Å². The molecule has 1 amide bonds. The first kappa shape index (κ1) is 12.6. The van der Waals surface area contributed by atoms with Gasteiger partial charge in [0, 0.05) is 23.5 Å². The lowest BCUT2D eigenvalue weighted by Gasteiger charge is -2.37. The highest BCUT2D eigenvalue weighted by Gasteiger charge is 2.28. The van der Waals surface area contributed by atoms with Crippen LogP contribution in [0, 0.1) is 5.82 Å². The molecule has 92 valence electrons. The molecule has 1 saturated carbocycles. The summed E-state index contributed by atoms with van der Waals surface area (Å²) in [4.78, 5) is 14.2. The third-order valence-electron chi connectivity index (χ3n) is 3.19. The number of carbonyl (C=O) groups excluding carboxylic acids is 1. The topological polar surface area (TPSA) is 20.3 Å². The van der Waals surface area contributed by atoms with Gasteiger partial charge in [0.15, 0.2) is 0 Å². The largest absolute Gasteiger partial charge is 0.335 e. The molecule has 2 nitrogen and oxygen atoms in total. The summed E-state index contributed by atoms with van der Waals surface area (Å²) < 4.78 is 12.8. The lowest BCUT2D eigenvalue weighted by atomic mass is 9.91. The molecule has 1 aliphatic rings. The maximum atomic E-state index is 12.8. The van der Waals surface area contributed by atoms with Crippen molar-refractivity contribution >= 4 is 21.8 Å². The monoisotopic (exact) mass is 299 g/mol. The Morgan fingerprint density at radius 1 is 1.35 bits per heavy atom. The number of hydrogen-bond donors (Lipinski definition) is 0. The number of alkyl halides is 1. The fourth-order valence-electron chi connectivity index (χ4n) is 2.00. The van der Waals surface area contributed by atoms with Crippen molar-refractivity contribution in [2.24, 2.45) is 0 Å². The van der Waals surface area contributed by atoms with Crippen molar-refractivity contribution < 1.29 is 9.18 Å². The van der Waals surface area contributed by atoms with E-state index < -0.39 is 0 Å². The van der Waals surface area contributed by atoms with Crippen LogP contribution in [-0.2, 0) is 0 Å². The van der Waals surface area contributed by atoms with E-state index in [1.165, 1.54) is 18.6 Å². The highest BCUT2D eigenvalue weighted by atomic mass is 79.9. The van der Waals surface area contributed by atoms with Gasteiger partial charge in [-0.05, 0) is 43.5 Å². The van der Waals surface area contributed by atoms with Crippen LogP contribution in [0.2, 0.25) is 0 Å². The number of hydrogen-bond acceptors (Lipinski definition) is 1. The standard InChI is InChI=1S/C13H15BrFNO/c14-8-9-16(12-2-1-3-12)13(17)10-4-6-11(15)7-5-10/h4-7,12H,1-3,8-9H2. The maximum absolute atomic E-state index is 12.8. The third-order valence-corrected chi connectivity index (χ3v) is 3.55. The van der Waals surface area contributed by atoms with Gasteiger partial charge in [-0.25, -0.2) is 4.39 Å². The van der Waals surface area contributed by atoms with Crippen LogP contribution >= 0.6 is 15.9 Å². The molecular weight excluding hydrogens is 285 g/mol. The van der Waals surface area contributed by atoms with Crippen LogP contribution in [0.25, 0.3) is 0 Å². The molecule has 0 unspecified atom stereocenters. The second-order valence-electron chi connectivity index (χ2n) is 4.28. The summed E-state index contributed by atoms with van der Waals surface area (Å²) in [6.45, 7) is 0.709. The lowest BCUT2D eigenvalue weighted by Crippen LogP contribution is -2.45. The van der Waals surface area contributed by atoms with E-state index in [0.29, 0.717) is 18.2 Å². The van der Waals surface area contributed by atoms with Crippen LogP contribution in [0.3, 0.4) is 0 Å². The molecule has 1 aromatic carbocycles. The van der Waals surface area contributed by atoms with E-state index in [1.807, 2.05) is 4.90 Å². The minimum absolute atomic E-state index is 0.00847. The highest BCUT2D eigenvalue weighted by molar-refractivity contribution is 9.09. The summed E-state index contributed by atoms with van der Waals surface area (Å²) in [6, 6.07) is 6.14. The Kier molecular flexibility index (Phi) is 4.15. The van der Waals surface area contributed by atoms with Crippen LogP contribution < -0.4 is 0 Å². The molecule has 0 aromatic heterocycles. The van der Waals surface area contributed by atoms with E-state index in [9.17, 15) is 9.18 Å². The van der Waals surface area contributed by atoms with Gasteiger partial charge in [-0.1, -0.05) is 15.9 Å². The average Bonchev–Trinajstić information content (AvgIpc) is 2.26. The predicted octanol–water partition coefficient (Wildman–Crippen LogP) is 3.22. The molecule has 4 heteroatoms. The predicted molar refractivity (Wildman–Crippen MR) is 68.9 cm³/mol. The molecule has 0 atom stereocenters. The summed E-state index contributed by atoms with van der Waals surface area (Å²) in [7, 11) is 0. The van der Waals surface area contributed by atoms with Gasteiger partial charge in [0.05, 0.1) is 0 Å². The van der Waals surface area contributed by atoms with E-state index in [4.69, 9.17) is 0 Å². The normalized spacial score (nSPS) is 15.4. The van der Waals surface area contributed by atoms with Gasteiger partial charge >= 0.3 is 0 Å². The second kappa shape index (κ2) is 5.63. The molecule has 0 radical (unpaired) electrons. The van der Waals surface area contributed by atoms with Crippen molar-refractivity contribution in [2.75, 3.05) is 11.9 Å². The first-order valence-corrected chi connectivity index (χ1v) is 6.97. The first-order valence-electron chi connectivity index (χ1n) is 5.85. The van der Waals surface area contributed by atoms with Crippen LogP contribution in [0.1, 0.15) is 29.6 Å². The molecule has 0 aliphatic heterocycles. The zero-order valence-electron chi connectivity index (χ0n) is 9.53. The highest BCUT2D eigenvalue weighted by Crippen LogP contribution is 2.26. The second-order valence-corrected chi connectivity index (χ2v) is 5.07. The SMILES string of the molecule is O=C(c1ccc(F)cc1)N(CCBr)C1CCC1. The van der Waals surface area contributed by atoms with Crippen LogP contribution in [0.5, 0.6) is 0 Å². The Morgan fingerprint density at radius 2 is 2.00 bits per heavy atom. The molecule has 0 spiro atoms. The fraction of sp³-hybridized carbons (Fsp3) is 0.462. The number of rotatable bonds is 4. The summed E-state index contributed by atoms with van der Waals surface area (Å²) in [5.74, 6) is -0.300. The number of carbonyl (C=O) groups is 1. The summed E-state index contributed by atoms with van der Waals surface area (Å²) in [5.41, 5.74) is 0.569. The van der Waals surface area contributed by atoms with E-state index in [-0.39, 0.29) is 11.7 Å². The van der Waals surface area contributed by atoms with Gasteiger partial charge < -0.3 is 4.90 Å². The third kappa shape index (κ3) is 2.86. The van der Waals surface area contributed by atoms with Crippen molar-refractivity contribution in [3.63, 3.8) is 0 Å². The summed E-state index contributed by atoms with van der Waals surface area (Å²) in [5, 5.41) is 0.774. The van der Waals surface area contributed by atoms with Gasteiger partial charge in [-0.2, -0.15) is 0 Å². The average molecular weight is 300 g/mol. The number of amides is 1. The Labute approximate surface area is 109 Å². The molecule has 1 aromatic rings. The summed E-state index contributed by atoms with van der Waals surface area (Å²) in [6.07, 6.45) is 3.36. The quantitative estimate of drug-likeness (QED) is 0.782. The summed E-state index contributed by atoms with van der Waals surface area (Å²) >= 11 is 3.37. The van der Waals surface area contributed by atoms with E-state index >= 15 is 0 Å². The van der Waals surface area contributed by atoms with Gasteiger partial charge in [0.25, 0.3) is 5.91 Å². The van der Waals surface area contributed by atoms with Crippen molar-refractivity contribution in [3.8, 4) is 0 Å². The lowest BCUT2D eigenvalue weighted by molar-refractivity contribution is 0.0599. The Morgan fingerprint density at radius 3 is 2.47 bits per heavy atom. The van der Waals surface area contributed by atoms with Crippen molar-refractivity contribution in [2.45, 2.75) is 25.3 Å². The van der Waals surface area contributed by atoms with Crippen molar-refractivity contribution in [1.82, 2.24) is 4.90 Å². The fourth-order valence-corrected chi connectivity index (χ4v) is 2.38. The number of nitrogens with zero attached hydrogens (tertiary/aromatic N) is 1. The van der Waals surface area contributed by atoms with E-state index in [0.717, 1.165) is 18.2 Å². The zero-order chi connectivity index (χ0) is 12.3. The van der Waals surface area contributed by atoms with E-state index in [2.05, 4.69) is 15.9 Å². The Hall–Kier alpha value is -0.900. The van der Waals surface area contributed by atoms with Gasteiger partial charge in [-0.15, -0.1) is 0 Å². The molecule has 0 saturated heterocycles. The molecular formula is C13H15BrFNO. The maximum Gasteiger partial charge on any atom is 0.254 e. The van der Waals surface area contributed by atoms with Gasteiger partial charge in [0.1, 0.15) is 5.82 Å². The zero-order valence-corrected chi connectivity index (χ0v) is 11.1. The number of benzene rings is 1. The first-order chi connectivity index (χ1) is 8.22. The smallest absolute Gasteiger partial charge is 0.254 e. The van der Waals surface area contributed by atoms with Crippen molar-refractivity contribution in [1.29, 1.82) is 0 Å². The van der Waals surface area contributed by atoms with Crippen molar-refractivity contribution in [3.05, 3.63) is 35.6 Å². The van der Waals surface area contributed by atoms with Gasteiger partial charge in [0.2, 0.25) is 0 Å². The molecule has 0 heterocycles. The molecule has 0 bridgehead atoms. The molecule has 1 fully saturated rings. The van der Waals surface area contributed by atoms with Crippen LogP contribution in [0.15, 0.2) is 24.3 Å².